The van der Waals surface area contributed by atoms with Crippen LogP contribution in [0.15, 0.2) is 54.6 Å². The van der Waals surface area contributed by atoms with Crippen molar-refractivity contribution in [3.63, 3.8) is 0 Å². The summed E-state index contributed by atoms with van der Waals surface area (Å²) in [7, 11) is 1.89. The third kappa shape index (κ3) is 2.75. The zero-order chi connectivity index (χ0) is 13.1. The molecule has 2 aromatic carbocycles. The third-order valence-electron chi connectivity index (χ3n) is 2.82. The van der Waals surface area contributed by atoms with Gasteiger partial charge in [-0.25, -0.2) is 10.0 Å². The summed E-state index contributed by atoms with van der Waals surface area (Å²) >= 11 is 1.63. The van der Waals surface area contributed by atoms with Crippen molar-refractivity contribution in [3.05, 3.63) is 60.2 Å². The summed E-state index contributed by atoms with van der Waals surface area (Å²) in [6.45, 7) is 0.549. The largest absolute Gasteiger partial charge is 0.267 e. The van der Waals surface area contributed by atoms with Crippen LogP contribution in [0.1, 0.15) is 5.56 Å². The first-order valence-electron chi connectivity index (χ1n) is 6.09. The Morgan fingerprint density at radius 1 is 1.05 bits per heavy atom. The molecule has 1 heterocycles. The summed E-state index contributed by atoms with van der Waals surface area (Å²) < 4.78 is 1.17. The number of benzene rings is 2. The van der Waals surface area contributed by atoms with Gasteiger partial charge >= 0.3 is 0 Å². The van der Waals surface area contributed by atoms with Gasteiger partial charge in [0.25, 0.3) is 0 Å². The fraction of sp³-hybridized carbons (Fsp3) is 0.133. The van der Waals surface area contributed by atoms with Gasteiger partial charge < -0.3 is 0 Å². The van der Waals surface area contributed by atoms with Crippen LogP contribution in [0, 0.1) is 0 Å². The van der Waals surface area contributed by atoms with Crippen molar-refractivity contribution < 1.29 is 4.84 Å². The highest BCUT2D eigenvalue weighted by Gasteiger charge is 2.08. The topological polar surface area (TPSA) is 25.4 Å². The molecule has 0 unspecified atom stereocenters. The summed E-state index contributed by atoms with van der Waals surface area (Å²) in [6.07, 6.45) is 0. The van der Waals surface area contributed by atoms with Crippen LogP contribution >= 0.6 is 11.3 Å². The number of fused-ring (bicyclic) bond motifs is 1. The van der Waals surface area contributed by atoms with Crippen molar-refractivity contribution in [2.75, 3.05) is 12.1 Å². The average molecular weight is 270 g/mol. The Morgan fingerprint density at radius 2 is 1.79 bits per heavy atom. The van der Waals surface area contributed by atoms with Crippen LogP contribution < -0.4 is 5.06 Å². The Balaban J connectivity index is 1.71. The van der Waals surface area contributed by atoms with E-state index in [4.69, 9.17) is 4.84 Å². The van der Waals surface area contributed by atoms with Crippen LogP contribution in [0.3, 0.4) is 0 Å². The molecule has 0 saturated heterocycles. The van der Waals surface area contributed by atoms with Gasteiger partial charge in [0, 0.05) is 7.05 Å². The Hall–Kier alpha value is -1.91. The summed E-state index contributed by atoms with van der Waals surface area (Å²) in [4.78, 5) is 10.3. The molecule has 3 rings (SSSR count). The van der Waals surface area contributed by atoms with Crippen molar-refractivity contribution in [3.8, 4) is 0 Å². The minimum Gasteiger partial charge on any atom is -0.267 e. The lowest BCUT2D eigenvalue weighted by molar-refractivity contribution is 0.108. The molecule has 1 aromatic heterocycles. The molecule has 96 valence electrons. The first kappa shape index (κ1) is 12.1. The van der Waals surface area contributed by atoms with Gasteiger partial charge in [0.15, 0.2) is 0 Å². The molecule has 0 saturated carbocycles. The van der Waals surface area contributed by atoms with Gasteiger partial charge in [-0.05, 0) is 17.7 Å². The number of para-hydroxylation sites is 1. The van der Waals surface area contributed by atoms with Gasteiger partial charge in [-0.2, -0.15) is 0 Å². The van der Waals surface area contributed by atoms with Gasteiger partial charge in [-0.1, -0.05) is 53.8 Å². The van der Waals surface area contributed by atoms with Gasteiger partial charge in [0.1, 0.15) is 0 Å². The summed E-state index contributed by atoms with van der Waals surface area (Å²) in [5, 5.41) is 2.61. The van der Waals surface area contributed by atoms with Crippen molar-refractivity contribution in [2.45, 2.75) is 6.61 Å². The van der Waals surface area contributed by atoms with Gasteiger partial charge in [0.05, 0.1) is 16.8 Å². The number of nitrogens with zero attached hydrogens (tertiary/aromatic N) is 2. The highest BCUT2D eigenvalue weighted by molar-refractivity contribution is 7.22. The van der Waals surface area contributed by atoms with E-state index in [1.165, 1.54) is 4.70 Å². The molecule has 0 aliphatic rings. The van der Waals surface area contributed by atoms with Crippen molar-refractivity contribution in [1.29, 1.82) is 0 Å². The Kier molecular flexibility index (Phi) is 3.44. The van der Waals surface area contributed by atoms with Crippen LogP contribution in [-0.2, 0) is 11.4 Å². The second-order valence-corrected chi connectivity index (χ2v) is 5.23. The second kappa shape index (κ2) is 5.38. The molecule has 0 bridgehead atoms. The van der Waals surface area contributed by atoms with E-state index in [9.17, 15) is 0 Å². The van der Waals surface area contributed by atoms with E-state index >= 15 is 0 Å². The maximum Gasteiger partial charge on any atom is 0.210 e. The minimum absolute atomic E-state index is 0.549. The van der Waals surface area contributed by atoms with Crippen molar-refractivity contribution in [2.24, 2.45) is 0 Å². The number of hydrogen-bond acceptors (Lipinski definition) is 4. The van der Waals surface area contributed by atoms with Gasteiger partial charge in [0.2, 0.25) is 5.13 Å². The molecule has 0 amide bonds. The molecule has 3 nitrogen and oxygen atoms in total. The van der Waals surface area contributed by atoms with E-state index in [1.54, 1.807) is 16.4 Å². The molecule has 0 fully saturated rings. The number of thiazole rings is 1. The fourth-order valence-electron chi connectivity index (χ4n) is 1.80. The van der Waals surface area contributed by atoms with Gasteiger partial charge in [-0.3, -0.25) is 4.84 Å². The van der Waals surface area contributed by atoms with E-state index in [0.29, 0.717) is 6.61 Å². The average Bonchev–Trinajstić information content (AvgIpc) is 2.90. The standard InChI is InChI=1S/C15H14N2OS/c1-17(18-11-12-7-3-2-4-8-12)15-16-13-9-5-6-10-14(13)19-15/h2-10H,11H2,1H3. The lowest BCUT2D eigenvalue weighted by Gasteiger charge is -2.15. The Morgan fingerprint density at radius 3 is 2.58 bits per heavy atom. The van der Waals surface area contributed by atoms with E-state index in [0.717, 1.165) is 16.2 Å². The van der Waals surface area contributed by atoms with Crippen LogP contribution in [0.2, 0.25) is 0 Å². The zero-order valence-corrected chi connectivity index (χ0v) is 11.4. The highest BCUT2D eigenvalue weighted by atomic mass is 32.1. The van der Waals surface area contributed by atoms with Crippen LogP contribution in [-0.4, -0.2) is 12.0 Å². The molecular weight excluding hydrogens is 256 g/mol. The lowest BCUT2D eigenvalue weighted by atomic mass is 10.2. The lowest BCUT2D eigenvalue weighted by Crippen LogP contribution is -2.17. The maximum absolute atomic E-state index is 5.72. The first-order chi connectivity index (χ1) is 9.33. The predicted octanol–water partition coefficient (Wildman–Crippen LogP) is 3.86. The van der Waals surface area contributed by atoms with Gasteiger partial charge in [-0.15, -0.1) is 0 Å². The smallest absolute Gasteiger partial charge is 0.210 e. The second-order valence-electron chi connectivity index (χ2n) is 4.22. The van der Waals surface area contributed by atoms with E-state index in [-0.39, 0.29) is 0 Å². The number of rotatable bonds is 4. The zero-order valence-electron chi connectivity index (χ0n) is 10.6. The number of aromatic nitrogens is 1. The predicted molar refractivity (Wildman–Crippen MR) is 79.3 cm³/mol. The monoisotopic (exact) mass is 270 g/mol. The summed E-state index contributed by atoms with van der Waals surface area (Å²) in [6, 6.07) is 18.2. The maximum atomic E-state index is 5.72. The SMILES string of the molecule is CN(OCc1ccccc1)c1nc2ccccc2s1. The van der Waals surface area contributed by atoms with E-state index in [2.05, 4.69) is 11.1 Å². The molecule has 19 heavy (non-hydrogen) atoms. The molecule has 0 aliphatic heterocycles. The summed E-state index contributed by atoms with van der Waals surface area (Å²) in [5.74, 6) is 0. The third-order valence-corrected chi connectivity index (χ3v) is 3.92. The Labute approximate surface area is 116 Å². The molecule has 0 N–H and O–H groups in total. The summed E-state index contributed by atoms with van der Waals surface area (Å²) in [5.41, 5.74) is 2.16. The number of anilines is 1. The molecule has 0 aliphatic carbocycles. The normalized spacial score (nSPS) is 10.8. The molecular formula is C15H14N2OS. The van der Waals surface area contributed by atoms with Crippen LogP contribution in [0.4, 0.5) is 5.13 Å². The minimum atomic E-state index is 0.549. The Bertz CT molecular complexity index is 633. The first-order valence-corrected chi connectivity index (χ1v) is 6.91. The van der Waals surface area contributed by atoms with Crippen LogP contribution in [0.5, 0.6) is 0 Å². The quantitative estimate of drug-likeness (QED) is 0.673. The van der Waals surface area contributed by atoms with Crippen LogP contribution in [0.25, 0.3) is 10.2 Å². The van der Waals surface area contributed by atoms with Crippen molar-refractivity contribution >= 4 is 26.7 Å². The number of hydroxylamine groups is 1. The molecule has 0 spiro atoms. The molecule has 0 atom stereocenters. The molecule has 0 radical (unpaired) electrons. The number of hydrogen-bond donors (Lipinski definition) is 0. The van der Waals surface area contributed by atoms with E-state index in [1.807, 2.05) is 55.6 Å². The molecule has 3 aromatic rings. The molecule has 4 heteroatoms. The van der Waals surface area contributed by atoms with E-state index < -0.39 is 0 Å². The highest BCUT2D eigenvalue weighted by Crippen LogP contribution is 2.28. The fourth-order valence-corrected chi connectivity index (χ4v) is 2.68. The van der Waals surface area contributed by atoms with Crippen molar-refractivity contribution in [1.82, 2.24) is 4.98 Å².